The van der Waals surface area contributed by atoms with E-state index in [4.69, 9.17) is 23.2 Å². The number of carbonyl (C=O) groups excluding carboxylic acids is 2. The molecule has 2 saturated carbocycles. The van der Waals surface area contributed by atoms with E-state index in [1.165, 1.54) is 0 Å². The Morgan fingerprint density at radius 1 is 0.750 bits per heavy atom. The first kappa shape index (κ1) is 12.4. The highest BCUT2D eigenvalue weighted by atomic mass is 35.5. The topological polar surface area (TPSA) is 34.1 Å². The van der Waals surface area contributed by atoms with Crippen LogP contribution in [0.2, 0.25) is 0 Å². The molecule has 0 aromatic heterocycles. The summed E-state index contributed by atoms with van der Waals surface area (Å²) in [7, 11) is 0. The summed E-state index contributed by atoms with van der Waals surface area (Å²) in [5, 5.41) is -0.372. The second kappa shape index (κ2) is 5.05. The smallest absolute Gasteiger partial charge is 0.224 e. The van der Waals surface area contributed by atoms with Crippen molar-refractivity contribution in [2.45, 2.75) is 38.5 Å². The predicted molar refractivity (Wildman–Crippen MR) is 63.4 cm³/mol. The van der Waals surface area contributed by atoms with E-state index in [1.807, 2.05) is 0 Å². The van der Waals surface area contributed by atoms with Gasteiger partial charge in [0.05, 0.1) is 0 Å². The van der Waals surface area contributed by atoms with E-state index in [2.05, 4.69) is 0 Å². The molecule has 90 valence electrons. The van der Waals surface area contributed by atoms with Crippen molar-refractivity contribution in [2.75, 3.05) is 0 Å². The summed E-state index contributed by atoms with van der Waals surface area (Å²) in [5.41, 5.74) is 0. The fourth-order valence-electron chi connectivity index (χ4n) is 3.30. The molecule has 16 heavy (non-hydrogen) atoms. The Kier molecular flexibility index (Phi) is 3.91. The molecular weight excluding hydrogens is 247 g/mol. The quantitative estimate of drug-likeness (QED) is 0.716. The first-order valence-corrected chi connectivity index (χ1v) is 6.72. The van der Waals surface area contributed by atoms with E-state index in [0.29, 0.717) is 11.8 Å². The van der Waals surface area contributed by atoms with Crippen LogP contribution < -0.4 is 0 Å². The molecule has 0 bridgehead atoms. The molecule has 2 aliphatic rings. The summed E-state index contributed by atoms with van der Waals surface area (Å²) in [4.78, 5) is 22.3. The van der Waals surface area contributed by atoms with Gasteiger partial charge in [0.15, 0.2) is 0 Å². The molecule has 2 nitrogen and oxygen atoms in total. The summed E-state index contributed by atoms with van der Waals surface area (Å²) in [6, 6.07) is 0. The molecule has 0 N–H and O–H groups in total. The molecule has 2 aliphatic carbocycles. The van der Waals surface area contributed by atoms with Crippen LogP contribution in [0.25, 0.3) is 0 Å². The van der Waals surface area contributed by atoms with Crippen LogP contribution in [0.1, 0.15) is 38.5 Å². The van der Waals surface area contributed by atoms with Crippen LogP contribution in [0.4, 0.5) is 0 Å². The second-order valence-electron chi connectivity index (χ2n) is 5.15. The number of fused-ring (bicyclic) bond motifs is 1. The van der Waals surface area contributed by atoms with E-state index in [1.54, 1.807) is 0 Å². The number of hydrogen-bond acceptors (Lipinski definition) is 2. The van der Waals surface area contributed by atoms with Gasteiger partial charge >= 0.3 is 0 Å². The maximum absolute atomic E-state index is 11.1. The molecule has 2 rings (SSSR count). The standard InChI is InChI=1S/C12H16Cl2O2/c13-11(15)9-3-1-7-5-10(12(14)16)4-2-8(7)6-9/h7-10H,1-6H2. The van der Waals surface area contributed by atoms with Crippen LogP contribution in [0.5, 0.6) is 0 Å². The summed E-state index contributed by atoms with van der Waals surface area (Å²) in [6.45, 7) is 0. The van der Waals surface area contributed by atoms with Crippen molar-refractivity contribution in [3.8, 4) is 0 Å². The Morgan fingerprint density at radius 2 is 1.12 bits per heavy atom. The van der Waals surface area contributed by atoms with Gasteiger partial charge in [-0.15, -0.1) is 0 Å². The normalized spacial score (nSPS) is 38.9. The summed E-state index contributed by atoms with van der Waals surface area (Å²) >= 11 is 11.1. The van der Waals surface area contributed by atoms with Crippen LogP contribution >= 0.6 is 23.2 Å². The van der Waals surface area contributed by atoms with Crippen LogP contribution in [-0.4, -0.2) is 10.5 Å². The van der Waals surface area contributed by atoms with Gasteiger partial charge in [0, 0.05) is 11.8 Å². The van der Waals surface area contributed by atoms with E-state index < -0.39 is 0 Å². The minimum absolute atomic E-state index is 0.0474. The maximum atomic E-state index is 11.1. The Bertz CT molecular complexity index is 273. The fourth-order valence-corrected chi connectivity index (χ4v) is 3.70. The first-order chi connectivity index (χ1) is 7.58. The van der Waals surface area contributed by atoms with Gasteiger partial charge in [0.2, 0.25) is 10.5 Å². The lowest BCUT2D eigenvalue weighted by molar-refractivity contribution is -0.120. The minimum Gasteiger partial charge on any atom is -0.281 e. The monoisotopic (exact) mass is 262 g/mol. The molecule has 0 aromatic rings. The highest BCUT2D eigenvalue weighted by Crippen LogP contribution is 2.45. The van der Waals surface area contributed by atoms with Crippen LogP contribution in [0, 0.1) is 23.7 Å². The van der Waals surface area contributed by atoms with Gasteiger partial charge in [-0.3, -0.25) is 9.59 Å². The Morgan fingerprint density at radius 3 is 1.44 bits per heavy atom. The summed E-state index contributed by atoms with van der Waals surface area (Å²) in [5.74, 6) is 1.25. The van der Waals surface area contributed by atoms with Gasteiger partial charge in [0.25, 0.3) is 0 Å². The highest BCUT2D eigenvalue weighted by molar-refractivity contribution is 6.64. The van der Waals surface area contributed by atoms with Gasteiger partial charge in [-0.05, 0) is 73.6 Å². The van der Waals surface area contributed by atoms with Crippen LogP contribution in [0.3, 0.4) is 0 Å². The highest BCUT2D eigenvalue weighted by Gasteiger charge is 2.38. The van der Waals surface area contributed by atoms with Crippen molar-refractivity contribution in [2.24, 2.45) is 23.7 Å². The molecular formula is C12H16Cl2O2. The largest absolute Gasteiger partial charge is 0.281 e. The van der Waals surface area contributed by atoms with Crippen molar-refractivity contribution in [1.29, 1.82) is 0 Å². The molecule has 4 heteroatoms. The van der Waals surface area contributed by atoms with Crippen LogP contribution in [0.15, 0.2) is 0 Å². The Labute approximate surface area is 106 Å². The number of halogens is 2. The Hall–Kier alpha value is -0.0800. The van der Waals surface area contributed by atoms with E-state index in [0.717, 1.165) is 38.5 Å². The number of rotatable bonds is 2. The minimum atomic E-state index is -0.186. The van der Waals surface area contributed by atoms with Crippen molar-refractivity contribution < 1.29 is 9.59 Å². The average Bonchev–Trinajstić information content (AvgIpc) is 2.27. The molecule has 2 fully saturated rings. The molecule has 4 atom stereocenters. The Balaban J connectivity index is 1.95. The molecule has 0 amide bonds. The van der Waals surface area contributed by atoms with Crippen molar-refractivity contribution >= 4 is 33.7 Å². The third-order valence-electron chi connectivity index (χ3n) is 4.25. The van der Waals surface area contributed by atoms with Crippen LogP contribution in [-0.2, 0) is 9.59 Å². The predicted octanol–water partition coefficient (Wildman–Crippen LogP) is 3.35. The number of carbonyl (C=O) groups is 2. The molecule has 0 aliphatic heterocycles. The van der Waals surface area contributed by atoms with E-state index in [-0.39, 0.29) is 22.3 Å². The van der Waals surface area contributed by atoms with Gasteiger partial charge < -0.3 is 0 Å². The average molecular weight is 263 g/mol. The van der Waals surface area contributed by atoms with E-state index >= 15 is 0 Å². The zero-order chi connectivity index (χ0) is 11.7. The van der Waals surface area contributed by atoms with Crippen molar-refractivity contribution in [3.05, 3.63) is 0 Å². The van der Waals surface area contributed by atoms with Gasteiger partial charge in [-0.25, -0.2) is 0 Å². The summed E-state index contributed by atoms with van der Waals surface area (Å²) in [6.07, 6.45) is 5.63. The number of hydrogen-bond donors (Lipinski definition) is 0. The molecule has 0 radical (unpaired) electrons. The van der Waals surface area contributed by atoms with Gasteiger partial charge in [-0.2, -0.15) is 0 Å². The molecule has 0 heterocycles. The zero-order valence-corrected chi connectivity index (χ0v) is 10.6. The molecule has 0 spiro atoms. The van der Waals surface area contributed by atoms with Crippen molar-refractivity contribution in [3.63, 3.8) is 0 Å². The first-order valence-electron chi connectivity index (χ1n) is 5.96. The maximum Gasteiger partial charge on any atom is 0.224 e. The lowest BCUT2D eigenvalue weighted by Crippen LogP contribution is -2.34. The lowest BCUT2D eigenvalue weighted by Gasteiger charge is -2.40. The molecule has 0 aromatic carbocycles. The van der Waals surface area contributed by atoms with E-state index in [9.17, 15) is 9.59 Å². The lowest BCUT2D eigenvalue weighted by atomic mass is 9.65. The molecule has 0 saturated heterocycles. The fraction of sp³-hybridized carbons (Fsp3) is 0.833. The third kappa shape index (κ3) is 2.60. The van der Waals surface area contributed by atoms with Gasteiger partial charge in [-0.1, -0.05) is 0 Å². The zero-order valence-electron chi connectivity index (χ0n) is 9.12. The third-order valence-corrected chi connectivity index (χ3v) is 4.87. The SMILES string of the molecule is O=C(Cl)C1CCC2CC(C(=O)Cl)CCC2C1. The van der Waals surface area contributed by atoms with Crippen molar-refractivity contribution in [1.82, 2.24) is 0 Å². The second-order valence-corrected chi connectivity index (χ2v) is 5.89. The van der Waals surface area contributed by atoms with Gasteiger partial charge in [0.1, 0.15) is 0 Å². The summed E-state index contributed by atoms with van der Waals surface area (Å²) < 4.78 is 0. The molecule has 4 unspecified atom stereocenters.